The van der Waals surface area contributed by atoms with Crippen molar-refractivity contribution < 1.29 is 15.0 Å². The van der Waals surface area contributed by atoms with Crippen LogP contribution in [-0.2, 0) is 4.79 Å². The van der Waals surface area contributed by atoms with E-state index in [0.717, 1.165) is 5.54 Å². The molecule has 0 spiro atoms. The zero-order valence-corrected chi connectivity index (χ0v) is 6.82. The van der Waals surface area contributed by atoms with Crippen LogP contribution in [0.1, 0.15) is 0 Å². The van der Waals surface area contributed by atoms with E-state index in [2.05, 4.69) is 0 Å². The molecule has 3 nitrogen and oxygen atoms in total. The minimum atomic E-state index is -1.14. The van der Waals surface area contributed by atoms with Crippen molar-refractivity contribution in [3.63, 3.8) is 0 Å². The van der Waals surface area contributed by atoms with Gasteiger partial charge in [0.15, 0.2) is 0 Å². The van der Waals surface area contributed by atoms with Crippen molar-refractivity contribution in [1.29, 1.82) is 0 Å². The maximum Gasteiger partial charge on any atom is 0.334 e. The Morgan fingerprint density at radius 1 is 1.67 bits per heavy atom. The molecule has 0 fully saturated rings. The van der Waals surface area contributed by atoms with Gasteiger partial charge in [0.1, 0.15) is 6.10 Å². The Bertz CT molecular complexity index is 289. The molecule has 1 aliphatic rings. The van der Waals surface area contributed by atoms with E-state index >= 15 is 0 Å². The number of aliphatic hydroxyl groups is 1. The van der Waals surface area contributed by atoms with Crippen molar-refractivity contribution >= 4 is 17.6 Å². The Kier molecular flexibility index (Phi) is 2.68. The Labute approximate surface area is 74.3 Å². The number of carboxylic acid groups (broad SMARTS) is 1. The summed E-state index contributed by atoms with van der Waals surface area (Å²) in [5.74, 6) is -1.14. The molecule has 0 aromatic carbocycles. The first kappa shape index (κ1) is 9.03. The summed E-state index contributed by atoms with van der Waals surface area (Å²) in [6.45, 7) is 0. The summed E-state index contributed by atoms with van der Waals surface area (Å²) >= 11 is 5.35. The predicted octanol–water partition coefficient (Wildman–Crippen LogP) is 1.05. The second kappa shape index (κ2) is 3.56. The lowest BCUT2D eigenvalue weighted by molar-refractivity contribution is -0.133. The lowest BCUT2D eigenvalue weighted by Crippen LogP contribution is -2.20. The van der Waals surface area contributed by atoms with Crippen molar-refractivity contribution in [2.75, 3.05) is 0 Å². The summed E-state index contributed by atoms with van der Waals surface area (Å²) in [7, 11) is 0. The van der Waals surface area contributed by atoms with Crippen molar-refractivity contribution in [1.82, 2.24) is 0 Å². The summed E-state index contributed by atoms with van der Waals surface area (Å²) in [6.07, 6.45) is 3.32. The Morgan fingerprint density at radius 3 is 2.83 bits per heavy atom. The highest BCUT2D eigenvalue weighted by molar-refractivity contribution is 6.26. The molecule has 0 saturated carbocycles. The lowest BCUT2D eigenvalue weighted by atomic mass is 9.98. The van der Waals surface area contributed by atoms with Crippen LogP contribution in [0.4, 0.5) is 0 Å². The molecule has 0 saturated heterocycles. The van der Waals surface area contributed by atoms with E-state index in [-0.39, 0.29) is 5.57 Å². The van der Waals surface area contributed by atoms with Crippen LogP contribution in [0.2, 0.25) is 0 Å². The fourth-order valence-corrected chi connectivity index (χ4v) is 1.10. The lowest BCUT2D eigenvalue weighted by Gasteiger charge is -2.14. The van der Waals surface area contributed by atoms with Crippen LogP contribution in [0.5, 0.6) is 0 Å². The monoisotopic (exact) mass is 186 g/mol. The first-order valence-electron chi connectivity index (χ1n) is 3.26. The van der Waals surface area contributed by atoms with Gasteiger partial charge < -0.3 is 10.2 Å². The molecule has 12 heavy (non-hydrogen) atoms. The molecule has 0 aromatic heterocycles. The van der Waals surface area contributed by atoms with E-state index in [1.165, 1.54) is 12.2 Å². The molecule has 1 unspecified atom stereocenters. The van der Waals surface area contributed by atoms with Gasteiger partial charge in [0.25, 0.3) is 0 Å². The highest BCUT2D eigenvalue weighted by Gasteiger charge is 2.21. The molecular weight excluding hydrogens is 180 g/mol. The van der Waals surface area contributed by atoms with Crippen molar-refractivity contribution in [3.8, 4) is 0 Å². The minimum absolute atomic E-state index is 0.0654. The van der Waals surface area contributed by atoms with Crippen LogP contribution in [0, 0.1) is 0 Å². The van der Waals surface area contributed by atoms with Crippen LogP contribution in [0.15, 0.2) is 34.9 Å². The number of hydrogen-bond donors (Lipinski definition) is 2. The van der Waals surface area contributed by atoms with E-state index in [1.807, 2.05) is 0 Å². The molecule has 0 heterocycles. The number of aliphatic hydroxyl groups excluding tert-OH is 1. The van der Waals surface area contributed by atoms with Gasteiger partial charge in [0, 0.05) is 5.54 Å². The van der Waals surface area contributed by atoms with Crippen molar-refractivity contribution in [2.45, 2.75) is 6.10 Å². The molecule has 1 rings (SSSR count). The third kappa shape index (κ3) is 1.57. The van der Waals surface area contributed by atoms with E-state index < -0.39 is 12.1 Å². The summed E-state index contributed by atoms with van der Waals surface area (Å²) in [4.78, 5) is 10.5. The second-order valence-electron chi connectivity index (χ2n) is 2.30. The molecule has 64 valence electrons. The van der Waals surface area contributed by atoms with Gasteiger partial charge in [-0.05, 0) is 11.6 Å². The molecule has 1 aliphatic carbocycles. The van der Waals surface area contributed by atoms with E-state index in [4.69, 9.17) is 16.7 Å². The molecule has 2 N–H and O–H groups in total. The van der Waals surface area contributed by atoms with E-state index in [0.29, 0.717) is 5.57 Å². The Balaban J connectivity index is 2.98. The fourth-order valence-electron chi connectivity index (χ4n) is 0.909. The van der Waals surface area contributed by atoms with Gasteiger partial charge in [-0.2, -0.15) is 0 Å². The molecule has 0 amide bonds. The van der Waals surface area contributed by atoms with Gasteiger partial charge in [0.05, 0.1) is 5.57 Å². The fraction of sp³-hybridized carbons (Fsp3) is 0.125. The zero-order chi connectivity index (χ0) is 9.14. The van der Waals surface area contributed by atoms with Crippen LogP contribution < -0.4 is 0 Å². The van der Waals surface area contributed by atoms with Gasteiger partial charge >= 0.3 is 5.97 Å². The van der Waals surface area contributed by atoms with Crippen LogP contribution >= 0.6 is 11.6 Å². The van der Waals surface area contributed by atoms with Gasteiger partial charge in [0.2, 0.25) is 0 Å². The standard InChI is InChI=1S/C8H7ClO3/c9-4-5-2-1-3-6(7(5)10)8(11)12/h1-4,7,10H,(H,11,12). The first-order valence-corrected chi connectivity index (χ1v) is 3.70. The number of carboxylic acids is 1. The quantitative estimate of drug-likeness (QED) is 0.644. The van der Waals surface area contributed by atoms with Crippen LogP contribution in [0.3, 0.4) is 0 Å². The summed E-state index contributed by atoms with van der Waals surface area (Å²) in [6, 6.07) is 0. The molecule has 0 aromatic rings. The van der Waals surface area contributed by atoms with Crippen LogP contribution in [-0.4, -0.2) is 22.3 Å². The largest absolute Gasteiger partial charge is 0.478 e. The highest BCUT2D eigenvalue weighted by Crippen LogP contribution is 2.19. The molecule has 0 bridgehead atoms. The maximum absolute atomic E-state index is 10.5. The van der Waals surface area contributed by atoms with Gasteiger partial charge in [-0.25, -0.2) is 4.79 Å². The number of carbonyl (C=O) groups is 1. The topological polar surface area (TPSA) is 57.5 Å². The third-order valence-electron chi connectivity index (χ3n) is 1.55. The van der Waals surface area contributed by atoms with Crippen molar-refractivity contribution in [3.05, 3.63) is 34.9 Å². The molecule has 0 radical (unpaired) electrons. The second-order valence-corrected chi connectivity index (χ2v) is 2.52. The smallest absolute Gasteiger partial charge is 0.334 e. The summed E-state index contributed by atoms with van der Waals surface area (Å²) in [5, 5.41) is 17.9. The molecule has 4 heteroatoms. The number of hydrogen-bond acceptors (Lipinski definition) is 2. The van der Waals surface area contributed by atoms with E-state index in [9.17, 15) is 9.90 Å². The minimum Gasteiger partial charge on any atom is -0.478 e. The third-order valence-corrected chi connectivity index (χ3v) is 1.80. The van der Waals surface area contributed by atoms with Crippen molar-refractivity contribution in [2.24, 2.45) is 0 Å². The van der Waals surface area contributed by atoms with Gasteiger partial charge in [-0.1, -0.05) is 23.8 Å². The average Bonchev–Trinajstić information content (AvgIpc) is 2.04. The molecular formula is C8H7ClO3. The summed E-state index contributed by atoms with van der Waals surface area (Å²) in [5.41, 5.74) is 1.48. The molecule has 0 aliphatic heterocycles. The average molecular weight is 187 g/mol. The zero-order valence-electron chi connectivity index (χ0n) is 6.07. The predicted molar refractivity (Wildman–Crippen MR) is 44.8 cm³/mol. The maximum atomic E-state index is 10.5. The SMILES string of the molecule is O=C(O)C1=CC=CC(=CCl)C1O. The van der Waals surface area contributed by atoms with E-state index in [1.54, 1.807) is 6.08 Å². The van der Waals surface area contributed by atoms with Gasteiger partial charge in [-0.15, -0.1) is 0 Å². The number of rotatable bonds is 1. The number of allylic oxidation sites excluding steroid dienone is 2. The number of halogens is 1. The normalized spacial score (nSPS) is 25.7. The Morgan fingerprint density at radius 2 is 2.33 bits per heavy atom. The summed E-state index contributed by atoms with van der Waals surface area (Å²) < 4.78 is 0. The highest BCUT2D eigenvalue weighted by atomic mass is 35.5. The molecule has 1 atom stereocenters. The Hall–Kier alpha value is -1.06. The van der Waals surface area contributed by atoms with Gasteiger partial charge in [-0.3, -0.25) is 0 Å². The first-order chi connectivity index (χ1) is 5.66. The number of aliphatic carboxylic acids is 1. The van der Waals surface area contributed by atoms with Crippen LogP contribution in [0.25, 0.3) is 0 Å².